The number of amides is 2. The van der Waals surface area contributed by atoms with E-state index in [1.54, 1.807) is 54.6 Å². The zero-order valence-corrected chi connectivity index (χ0v) is 16.4. The van der Waals surface area contributed by atoms with E-state index in [0.29, 0.717) is 28.5 Å². The third kappa shape index (κ3) is 5.35. The number of aromatic amines is 1. The molecule has 0 bridgehead atoms. The van der Waals surface area contributed by atoms with Crippen molar-refractivity contribution in [1.29, 1.82) is 0 Å². The van der Waals surface area contributed by atoms with Crippen LogP contribution in [0.15, 0.2) is 54.6 Å². The van der Waals surface area contributed by atoms with Gasteiger partial charge in [0.05, 0.1) is 17.1 Å². The maximum Gasteiger partial charge on any atom is 0.413 e. The quantitative estimate of drug-likeness (QED) is 0.502. The molecule has 29 heavy (non-hydrogen) atoms. The predicted molar refractivity (Wildman–Crippen MR) is 112 cm³/mol. The number of hydrogen-bond acceptors (Lipinski definition) is 5. The van der Waals surface area contributed by atoms with Crippen molar-refractivity contribution in [3.8, 4) is 17.0 Å². The van der Waals surface area contributed by atoms with Crippen LogP contribution in [-0.2, 0) is 0 Å². The van der Waals surface area contributed by atoms with Gasteiger partial charge < -0.3 is 21.1 Å². The fourth-order valence-electron chi connectivity index (χ4n) is 2.52. The predicted octanol–water partition coefficient (Wildman–Crippen LogP) is 3.80. The topological polar surface area (TPSA) is 122 Å². The highest BCUT2D eigenvalue weighted by Crippen LogP contribution is 2.23. The number of nitrogens with zero attached hydrogens (tertiary/aromatic N) is 1. The van der Waals surface area contributed by atoms with Gasteiger partial charge in [-0.3, -0.25) is 9.89 Å². The molecule has 1 aromatic heterocycles. The largest absolute Gasteiger partial charge is 0.413 e. The van der Waals surface area contributed by atoms with E-state index in [2.05, 4.69) is 20.8 Å². The van der Waals surface area contributed by atoms with E-state index in [4.69, 9.17) is 10.5 Å². The molecule has 8 nitrogen and oxygen atoms in total. The van der Waals surface area contributed by atoms with Crippen molar-refractivity contribution in [3.63, 3.8) is 0 Å². The van der Waals surface area contributed by atoms with E-state index in [0.717, 1.165) is 5.56 Å². The monoisotopic (exact) mass is 393 g/mol. The van der Waals surface area contributed by atoms with Crippen molar-refractivity contribution in [3.05, 3.63) is 60.3 Å². The molecule has 150 valence electrons. The van der Waals surface area contributed by atoms with Crippen LogP contribution in [-0.4, -0.2) is 27.7 Å². The number of hydrogen-bond donors (Lipinski definition) is 4. The number of H-pyrrole nitrogens is 1. The van der Waals surface area contributed by atoms with Crippen molar-refractivity contribution in [2.45, 2.75) is 26.3 Å². The summed E-state index contributed by atoms with van der Waals surface area (Å²) >= 11 is 0. The molecule has 0 atom stereocenters. The molecule has 3 rings (SSSR count). The first-order chi connectivity index (χ1) is 13.7. The molecule has 2 aromatic carbocycles. The number of carbonyl (C=O) groups is 2. The molecule has 0 spiro atoms. The summed E-state index contributed by atoms with van der Waals surface area (Å²) in [6.45, 7) is 5.61. The van der Waals surface area contributed by atoms with Crippen molar-refractivity contribution in [1.82, 2.24) is 15.5 Å². The fraction of sp³-hybridized carbons (Fsp3) is 0.190. The van der Waals surface area contributed by atoms with Crippen molar-refractivity contribution < 1.29 is 14.3 Å². The maximum atomic E-state index is 12.4. The standard InChI is InChI=1S/C21H23N5O3/c1-21(2,3)24-20(28)29-14-10-8-13(9-11-14)17-12-18(26-25-17)19(27)23-16-7-5-4-6-15(16)22/h4-12H,22H2,1-3H3,(H,23,27)(H,24,28)(H,25,26). The van der Waals surface area contributed by atoms with E-state index in [1.165, 1.54) is 0 Å². The lowest BCUT2D eigenvalue weighted by Gasteiger charge is -2.19. The van der Waals surface area contributed by atoms with Gasteiger partial charge in [-0.15, -0.1) is 0 Å². The van der Waals surface area contributed by atoms with Crippen LogP contribution >= 0.6 is 0 Å². The summed E-state index contributed by atoms with van der Waals surface area (Å²) in [5, 5.41) is 12.4. The number of nitrogens with one attached hydrogen (secondary N) is 3. The first-order valence-corrected chi connectivity index (χ1v) is 9.03. The number of anilines is 2. The van der Waals surface area contributed by atoms with Gasteiger partial charge in [0.15, 0.2) is 0 Å². The second kappa shape index (κ2) is 8.05. The SMILES string of the molecule is CC(C)(C)NC(=O)Oc1ccc(-c2cc(C(=O)Nc3ccccc3N)[nH]n2)cc1. The first-order valence-electron chi connectivity index (χ1n) is 9.03. The second-order valence-corrected chi connectivity index (χ2v) is 7.50. The molecule has 0 unspecified atom stereocenters. The van der Waals surface area contributed by atoms with Crippen LogP contribution in [0.3, 0.4) is 0 Å². The van der Waals surface area contributed by atoms with Crippen LogP contribution in [0, 0.1) is 0 Å². The van der Waals surface area contributed by atoms with E-state index in [-0.39, 0.29) is 11.4 Å². The van der Waals surface area contributed by atoms with Gasteiger partial charge in [0.2, 0.25) is 0 Å². The summed E-state index contributed by atoms with van der Waals surface area (Å²) in [7, 11) is 0. The summed E-state index contributed by atoms with van der Waals surface area (Å²) in [6, 6.07) is 15.5. The number of nitrogens with two attached hydrogens (primary N) is 1. The van der Waals surface area contributed by atoms with Gasteiger partial charge in [-0.25, -0.2) is 4.79 Å². The van der Waals surface area contributed by atoms with Crippen molar-refractivity contribution in [2.75, 3.05) is 11.1 Å². The lowest BCUT2D eigenvalue weighted by atomic mass is 10.1. The lowest BCUT2D eigenvalue weighted by Crippen LogP contribution is -2.42. The molecule has 0 aliphatic carbocycles. The summed E-state index contributed by atoms with van der Waals surface area (Å²) in [5.74, 6) is 0.0593. The van der Waals surface area contributed by atoms with Crippen LogP contribution < -0.4 is 21.1 Å². The molecule has 0 radical (unpaired) electrons. The van der Waals surface area contributed by atoms with E-state index in [9.17, 15) is 9.59 Å². The molecule has 3 aromatic rings. The number of carbonyl (C=O) groups excluding carboxylic acids is 2. The van der Waals surface area contributed by atoms with Gasteiger partial charge in [0, 0.05) is 11.1 Å². The highest BCUT2D eigenvalue weighted by atomic mass is 16.6. The minimum Gasteiger partial charge on any atom is -0.410 e. The number of rotatable bonds is 4. The lowest BCUT2D eigenvalue weighted by molar-refractivity contribution is 0.102. The zero-order valence-electron chi connectivity index (χ0n) is 16.4. The Balaban J connectivity index is 1.66. The number of ether oxygens (including phenoxy) is 1. The normalized spacial score (nSPS) is 11.0. The Morgan fingerprint density at radius 1 is 1.07 bits per heavy atom. The Morgan fingerprint density at radius 3 is 2.41 bits per heavy atom. The zero-order chi connectivity index (χ0) is 21.0. The van der Waals surface area contributed by atoms with Crippen LogP contribution in [0.1, 0.15) is 31.3 Å². The fourth-order valence-corrected chi connectivity index (χ4v) is 2.52. The summed E-state index contributed by atoms with van der Waals surface area (Å²) < 4.78 is 5.25. The van der Waals surface area contributed by atoms with Crippen LogP contribution in [0.2, 0.25) is 0 Å². The average Bonchev–Trinajstić information content (AvgIpc) is 3.13. The Morgan fingerprint density at radius 2 is 1.76 bits per heavy atom. The first kappa shape index (κ1) is 19.9. The Bertz CT molecular complexity index is 1020. The van der Waals surface area contributed by atoms with Gasteiger partial charge in [0.1, 0.15) is 11.4 Å². The maximum absolute atomic E-state index is 12.4. The molecular formula is C21H23N5O3. The molecule has 5 N–H and O–H groups in total. The molecule has 8 heteroatoms. The number of aromatic nitrogens is 2. The Hall–Kier alpha value is -3.81. The molecular weight excluding hydrogens is 370 g/mol. The summed E-state index contributed by atoms with van der Waals surface area (Å²) in [6.07, 6.45) is -0.524. The van der Waals surface area contributed by atoms with Crippen LogP contribution in [0.5, 0.6) is 5.75 Å². The van der Waals surface area contributed by atoms with Gasteiger partial charge in [-0.1, -0.05) is 12.1 Å². The minimum absolute atomic E-state index is 0.299. The van der Waals surface area contributed by atoms with E-state index < -0.39 is 6.09 Å². The molecule has 2 amide bonds. The Kier molecular flexibility index (Phi) is 5.54. The van der Waals surface area contributed by atoms with E-state index >= 15 is 0 Å². The third-order valence-corrected chi connectivity index (χ3v) is 3.87. The van der Waals surface area contributed by atoms with Gasteiger partial charge in [-0.2, -0.15) is 5.10 Å². The molecule has 0 saturated heterocycles. The number of para-hydroxylation sites is 2. The van der Waals surface area contributed by atoms with Crippen LogP contribution in [0.25, 0.3) is 11.3 Å². The molecule has 0 aliphatic rings. The molecule has 0 fully saturated rings. The summed E-state index contributed by atoms with van der Waals surface area (Å²) in [4.78, 5) is 24.2. The van der Waals surface area contributed by atoms with Crippen molar-refractivity contribution in [2.24, 2.45) is 0 Å². The van der Waals surface area contributed by atoms with Gasteiger partial charge in [-0.05, 0) is 63.2 Å². The van der Waals surface area contributed by atoms with Crippen molar-refractivity contribution >= 4 is 23.4 Å². The molecule has 1 heterocycles. The smallest absolute Gasteiger partial charge is 0.410 e. The molecule has 0 aliphatic heterocycles. The number of benzene rings is 2. The summed E-state index contributed by atoms with van der Waals surface area (Å²) in [5.41, 5.74) is 8.12. The van der Waals surface area contributed by atoms with Gasteiger partial charge >= 0.3 is 6.09 Å². The molecule has 0 saturated carbocycles. The highest BCUT2D eigenvalue weighted by Gasteiger charge is 2.16. The van der Waals surface area contributed by atoms with Crippen LogP contribution in [0.4, 0.5) is 16.2 Å². The minimum atomic E-state index is -0.524. The highest BCUT2D eigenvalue weighted by molar-refractivity contribution is 6.04. The third-order valence-electron chi connectivity index (χ3n) is 3.87. The van der Waals surface area contributed by atoms with E-state index in [1.807, 2.05) is 20.8 Å². The average molecular weight is 393 g/mol. The van der Waals surface area contributed by atoms with Gasteiger partial charge in [0.25, 0.3) is 5.91 Å². The Labute approximate surface area is 168 Å². The second-order valence-electron chi connectivity index (χ2n) is 7.50. The number of nitrogen functional groups attached to an aromatic ring is 1.